The highest BCUT2D eigenvalue weighted by molar-refractivity contribution is 9.10. The molecule has 2 aromatic carbocycles. The van der Waals surface area contributed by atoms with Gasteiger partial charge in [0.1, 0.15) is 5.82 Å². The molecular formula is C18H18BrFO. The summed E-state index contributed by atoms with van der Waals surface area (Å²) in [5.74, 6) is 0.202. The first-order chi connectivity index (χ1) is 9.99. The maximum atomic E-state index is 13.2. The van der Waals surface area contributed by atoms with Crippen LogP contribution in [-0.2, 0) is 12.0 Å². The van der Waals surface area contributed by atoms with E-state index >= 15 is 0 Å². The van der Waals surface area contributed by atoms with Gasteiger partial charge in [-0.05, 0) is 47.6 Å². The van der Waals surface area contributed by atoms with E-state index in [1.54, 1.807) is 6.07 Å². The number of hydrogen-bond donors (Lipinski definition) is 1. The van der Waals surface area contributed by atoms with Gasteiger partial charge in [-0.3, -0.25) is 0 Å². The van der Waals surface area contributed by atoms with Gasteiger partial charge in [0.15, 0.2) is 0 Å². The van der Waals surface area contributed by atoms with Crippen LogP contribution in [0.3, 0.4) is 0 Å². The Hall–Kier alpha value is -1.19. The molecule has 0 saturated heterocycles. The average Bonchev–Trinajstić information content (AvgIpc) is 2.47. The van der Waals surface area contributed by atoms with E-state index in [2.05, 4.69) is 28.9 Å². The molecule has 0 fully saturated rings. The second-order valence-electron chi connectivity index (χ2n) is 5.97. The molecule has 1 N–H and O–H groups in total. The Morgan fingerprint density at radius 2 is 2.05 bits per heavy atom. The Morgan fingerprint density at radius 1 is 1.29 bits per heavy atom. The highest BCUT2D eigenvalue weighted by Crippen LogP contribution is 2.43. The maximum absolute atomic E-state index is 13.2. The number of fused-ring (bicyclic) bond motifs is 1. The van der Waals surface area contributed by atoms with Crippen molar-refractivity contribution < 1.29 is 9.50 Å². The second-order valence-corrected chi connectivity index (χ2v) is 6.83. The summed E-state index contributed by atoms with van der Waals surface area (Å²) in [5, 5.41) is 11.2. The van der Waals surface area contributed by atoms with E-state index in [1.165, 1.54) is 17.7 Å². The molecule has 110 valence electrons. The van der Waals surface area contributed by atoms with Crippen LogP contribution in [0.5, 0.6) is 0 Å². The van der Waals surface area contributed by atoms with E-state index in [9.17, 15) is 9.50 Å². The van der Waals surface area contributed by atoms with E-state index in [4.69, 9.17) is 0 Å². The lowest BCUT2D eigenvalue weighted by molar-refractivity contribution is 0.0157. The molecule has 0 amide bonds. The Kier molecular flexibility index (Phi) is 3.89. The normalized spacial score (nSPS) is 24.7. The third-order valence-corrected chi connectivity index (χ3v) is 5.22. The molecule has 21 heavy (non-hydrogen) atoms. The fourth-order valence-corrected chi connectivity index (χ4v) is 3.75. The molecule has 1 nitrogen and oxygen atoms in total. The van der Waals surface area contributed by atoms with E-state index < -0.39 is 5.60 Å². The van der Waals surface area contributed by atoms with Crippen LogP contribution in [0.2, 0.25) is 0 Å². The highest BCUT2D eigenvalue weighted by Gasteiger charge is 2.37. The number of benzene rings is 2. The average molecular weight is 349 g/mol. The summed E-state index contributed by atoms with van der Waals surface area (Å²) in [6, 6.07) is 12.8. The van der Waals surface area contributed by atoms with Crippen molar-refractivity contribution in [2.45, 2.75) is 37.7 Å². The lowest BCUT2D eigenvalue weighted by Crippen LogP contribution is -2.34. The lowest BCUT2D eigenvalue weighted by atomic mass is 9.72. The number of halogens is 2. The van der Waals surface area contributed by atoms with Crippen LogP contribution in [0, 0.1) is 5.82 Å². The Labute approximate surface area is 132 Å². The molecule has 3 rings (SSSR count). The van der Waals surface area contributed by atoms with Crippen LogP contribution in [0.15, 0.2) is 46.9 Å². The van der Waals surface area contributed by atoms with Crippen LogP contribution in [0.1, 0.15) is 42.4 Å². The summed E-state index contributed by atoms with van der Waals surface area (Å²) in [5.41, 5.74) is 2.30. The molecular weight excluding hydrogens is 331 g/mol. The second kappa shape index (κ2) is 5.54. The van der Waals surface area contributed by atoms with Crippen molar-refractivity contribution in [1.82, 2.24) is 0 Å². The van der Waals surface area contributed by atoms with E-state index in [1.807, 2.05) is 18.2 Å². The molecule has 1 aliphatic carbocycles. The molecule has 2 atom stereocenters. The zero-order valence-electron chi connectivity index (χ0n) is 11.9. The Balaban J connectivity index is 2.00. The number of hydrogen-bond acceptors (Lipinski definition) is 1. The van der Waals surface area contributed by atoms with Crippen molar-refractivity contribution in [3.63, 3.8) is 0 Å². The monoisotopic (exact) mass is 348 g/mol. The van der Waals surface area contributed by atoms with E-state index in [0.29, 0.717) is 16.8 Å². The maximum Gasteiger partial charge on any atom is 0.124 e. The summed E-state index contributed by atoms with van der Waals surface area (Å²) in [6.45, 7) is 2.20. The fourth-order valence-electron chi connectivity index (χ4n) is 3.26. The van der Waals surface area contributed by atoms with Gasteiger partial charge in [0.05, 0.1) is 5.60 Å². The molecule has 1 aliphatic rings. The van der Waals surface area contributed by atoms with Crippen LogP contribution < -0.4 is 0 Å². The molecule has 2 unspecified atom stereocenters. The van der Waals surface area contributed by atoms with Gasteiger partial charge in [0.25, 0.3) is 0 Å². The Morgan fingerprint density at radius 3 is 2.81 bits per heavy atom. The zero-order chi connectivity index (χ0) is 15.0. The summed E-state index contributed by atoms with van der Waals surface area (Å²) in [4.78, 5) is 0. The van der Waals surface area contributed by atoms with Crippen molar-refractivity contribution in [1.29, 1.82) is 0 Å². The van der Waals surface area contributed by atoms with Crippen LogP contribution in [-0.4, -0.2) is 5.11 Å². The van der Waals surface area contributed by atoms with E-state index in [-0.39, 0.29) is 5.82 Å². The van der Waals surface area contributed by atoms with Gasteiger partial charge in [0, 0.05) is 10.9 Å². The standard InChI is InChI=1S/C18H18BrFO/c1-12-8-9-18(21,16-5-3-2-4-15(12)16)11-13-6-7-14(20)10-17(13)19/h2-7,10,12,21H,8-9,11H2,1H3. The van der Waals surface area contributed by atoms with Gasteiger partial charge in [0.2, 0.25) is 0 Å². The molecule has 0 spiro atoms. The van der Waals surface area contributed by atoms with E-state index in [0.717, 1.165) is 24.0 Å². The van der Waals surface area contributed by atoms with Gasteiger partial charge < -0.3 is 5.11 Å². The molecule has 2 aromatic rings. The number of aliphatic hydroxyl groups is 1. The largest absolute Gasteiger partial charge is 0.385 e. The molecule has 0 heterocycles. The quantitative estimate of drug-likeness (QED) is 0.816. The topological polar surface area (TPSA) is 20.2 Å². The van der Waals surface area contributed by atoms with Crippen molar-refractivity contribution in [2.75, 3.05) is 0 Å². The minimum absolute atomic E-state index is 0.268. The smallest absolute Gasteiger partial charge is 0.124 e. The van der Waals surface area contributed by atoms with Crippen molar-refractivity contribution in [3.8, 4) is 0 Å². The third kappa shape index (κ3) is 2.77. The van der Waals surface area contributed by atoms with Crippen LogP contribution >= 0.6 is 15.9 Å². The summed E-state index contributed by atoms with van der Waals surface area (Å²) in [6.07, 6.45) is 2.19. The summed E-state index contributed by atoms with van der Waals surface area (Å²) < 4.78 is 13.9. The van der Waals surface area contributed by atoms with Crippen molar-refractivity contribution in [3.05, 3.63) is 69.4 Å². The van der Waals surface area contributed by atoms with Crippen molar-refractivity contribution >= 4 is 15.9 Å². The first-order valence-electron chi connectivity index (χ1n) is 7.25. The van der Waals surface area contributed by atoms with Gasteiger partial charge in [-0.25, -0.2) is 4.39 Å². The van der Waals surface area contributed by atoms with Gasteiger partial charge >= 0.3 is 0 Å². The molecule has 0 radical (unpaired) electrons. The summed E-state index contributed by atoms with van der Waals surface area (Å²) in [7, 11) is 0. The minimum Gasteiger partial charge on any atom is -0.385 e. The van der Waals surface area contributed by atoms with Gasteiger partial charge in [-0.1, -0.05) is 53.2 Å². The number of rotatable bonds is 2. The lowest BCUT2D eigenvalue weighted by Gasteiger charge is -2.37. The first kappa shape index (κ1) is 14.7. The Bertz CT molecular complexity index is 670. The van der Waals surface area contributed by atoms with Gasteiger partial charge in [-0.2, -0.15) is 0 Å². The SMILES string of the molecule is CC1CCC(O)(Cc2ccc(F)cc2Br)c2ccccc21. The molecule has 3 heteroatoms. The van der Waals surface area contributed by atoms with Crippen molar-refractivity contribution in [2.24, 2.45) is 0 Å². The van der Waals surface area contributed by atoms with Crippen LogP contribution in [0.25, 0.3) is 0 Å². The summed E-state index contributed by atoms with van der Waals surface area (Å²) >= 11 is 3.40. The van der Waals surface area contributed by atoms with Gasteiger partial charge in [-0.15, -0.1) is 0 Å². The fraction of sp³-hybridized carbons (Fsp3) is 0.333. The third-order valence-electron chi connectivity index (χ3n) is 4.48. The molecule has 0 aliphatic heterocycles. The first-order valence-corrected chi connectivity index (χ1v) is 8.04. The molecule has 0 bridgehead atoms. The predicted octanol–water partition coefficient (Wildman–Crippen LogP) is 4.92. The minimum atomic E-state index is -0.872. The highest BCUT2D eigenvalue weighted by atomic mass is 79.9. The molecule has 0 saturated carbocycles. The molecule has 0 aromatic heterocycles. The predicted molar refractivity (Wildman–Crippen MR) is 85.8 cm³/mol. The zero-order valence-corrected chi connectivity index (χ0v) is 13.5. The van der Waals surface area contributed by atoms with Crippen LogP contribution in [0.4, 0.5) is 4.39 Å².